The summed E-state index contributed by atoms with van der Waals surface area (Å²) in [7, 11) is -5.45. The van der Waals surface area contributed by atoms with Crippen LogP contribution in [0.25, 0.3) is 0 Å². The summed E-state index contributed by atoms with van der Waals surface area (Å²) in [5.74, 6) is 0.561. The number of benzene rings is 1. The highest BCUT2D eigenvalue weighted by Crippen LogP contribution is 2.22. The minimum absolute atomic E-state index is 0.0929. The van der Waals surface area contributed by atoms with Crippen molar-refractivity contribution in [3.8, 4) is 5.75 Å². The van der Waals surface area contributed by atoms with Crippen molar-refractivity contribution >= 4 is 20.0 Å². The third-order valence-corrected chi connectivity index (χ3v) is 7.70. The molecule has 0 N–H and O–H groups in total. The Kier molecular flexibility index (Phi) is 5.66. The number of hydrogen-bond donors (Lipinski definition) is 0. The second-order valence-corrected chi connectivity index (χ2v) is 9.32. The van der Waals surface area contributed by atoms with E-state index in [4.69, 9.17) is 4.74 Å². The summed E-state index contributed by atoms with van der Waals surface area (Å²) in [5, 5.41) is 0. The molecule has 9 heteroatoms. The fourth-order valence-corrected chi connectivity index (χ4v) is 5.44. The van der Waals surface area contributed by atoms with Crippen LogP contribution in [-0.2, 0) is 20.0 Å². The van der Waals surface area contributed by atoms with Gasteiger partial charge in [-0.3, -0.25) is 0 Å². The van der Waals surface area contributed by atoms with Crippen LogP contribution in [0.4, 0.5) is 0 Å². The molecule has 1 aliphatic heterocycles. The Labute approximate surface area is 137 Å². The highest BCUT2D eigenvalue weighted by atomic mass is 32.2. The van der Waals surface area contributed by atoms with Crippen LogP contribution < -0.4 is 4.74 Å². The van der Waals surface area contributed by atoms with Crippen LogP contribution in [0.1, 0.15) is 13.3 Å². The highest BCUT2D eigenvalue weighted by molar-refractivity contribution is 7.89. The van der Waals surface area contributed by atoms with E-state index in [1.807, 2.05) is 0 Å². The standard InChI is InChI=1S/C14H22N2O5S2/c1-3-11-22(17,18)15-7-9-16(10-8-15)23(19,20)14-6-4-5-13(12-14)21-2/h4-6,12H,3,7-11H2,1-2H3. The van der Waals surface area contributed by atoms with E-state index in [1.165, 1.54) is 27.9 Å². The number of sulfonamides is 2. The maximum absolute atomic E-state index is 12.6. The van der Waals surface area contributed by atoms with Crippen molar-refractivity contribution in [1.82, 2.24) is 8.61 Å². The molecule has 0 unspecified atom stereocenters. The molecule has 0 aromatic heterocycles. The molecule has 23 heavy (non-hydrogen) atoms. The van der Waals surface area contributed by atoms with Crippen molar-refractivity contribution in [2.45, 2.75) is 18.2 Å². The van der Waals surface area contributed by atoms with Crippen LogP contribution in [0, 0.1) is 0 Å². The lowest BCUT2D eigenvalue weighted by molar-refractivity contribution is 0.272. The topological polar surface area (TPSA) is 84.0 Å². The predicted molar refractivity (Wildman–Crippen MR) is 87.4 cm³/mol. The van der Waals surface area contributed by atoms with Gasteiger partial charge < -0.3 is 4.74 Å². The van der Waals surface area contributed by atoms with Crippen molar-refractivity contribution in [2.24, 2.45) is 0 Å². The SMILES string of the molecule is CCCS(=O)(=O)N1CCN(S(=O)(=O)c2cccc(OC)c2)CC1. The number of rotatable bonds is 6. The van der Waals surface area contributed by atoms with E-state index in [-0.39, 0.29) is 36.8 Å². The number of ether oxygens (including phenoxy) is 1. The van der Waals surface area contributed by atoms with Gasteiger partial charge in [-0.05, 0) is 18.6 Å². The van der Waals surface area contributed by atoms with E-state index >= 15 is 0 Å². The van der Waals surface area contributed by atoms with Gasteiger partial charge >= 0.3 is 0 Å². The Balaban J connectivity index is 2.12. The molecule has 0 spiro atoms. The average Bonchev–Trinajstić information content (AvgIpc) is 2.55. The number of nitrogens with zero attached hydrogens (tertiary/aromatic N) is 2. The van der Waals surface area contributed by atoms with E-state index < -0.39 is 20.0 Å². The second-order valence-electron chi connectivity index (χ2n) is 5.30. The first-order valence-electron chi connectivity index (χ1n) is 7.43. The van der Waals surface area contributed by atoms with Crippen LogP contribution in [-0.4, -0.2) is 64.5 Å². The summed E-state index contributed by atoms with van der Waals surface area (Å²) in [6, 6.07) is 6.27. The van der Waals surface area contributed by atoms with E-state index in [2.05, 4.69) is 0 Å². The zero-order valence-corrected chi connectivity index (χ0v) is 14.9. The smallest absolute Gasteiger partial charge is 0.243 e. The number of piperazine rings is 1. The molecule has 0 bridgehead atoms. The monoisotopic (exact) mass is 362 g/mol. The van der Waals surface area contributed by atoms with E-state index in [0.29, 0.717) is 12.2 Å². The van der Waals surface area contributed by atoms with E-state index in [1.54, 1.807) is 19.1 Å². The summed E-state index contributed by atoms with van der Waals surface area (Å²) in [6.45, 7) is 2.49. The van der Waals surface area contributed by atoms with Crippen molar-refractivity contribution < 1.29 is 21.6 Å². The lowest BCUT2D eigenvalue weighted by Gasteiger charge is -2.33. The second kappa shape index (κ2) is 7.16. The number of methoxy groups -OCH3 is 1. The first-order chi connectivity index (χ1) is 10.8. The zero-order chi connectivity index (χ0) is 17.1. The average molecular weight is 362 g/mol. The summed E-state index contributed by atoms with van der Waals surface area (Å²) < 4.78 is 57.1. The zero-order valence-electron chi connectivity index (χ0n) is 13.3. The minimum atomic E-state index is -3.64. The maximum Gasteiger partial charge on any atom is 0.243 e. The molecule has 1 aliphatic rings. The van der Waals surface area contributed by atoms with Crippen LogP contribution in [0.2, 0.25) is 0 Å². The van der Waals surface area contributed by atoms with Crippen molar-refractivity contribution in [1.29, 1.82) is 0 Å². The quantitative estimate of drug-likeness (QED) is 0.745. The van der Waals surface area contributed by atoms with Gasteiger partial charge in [0.2, 0.25) is 20.0 Å². The Morgan fingerprint density at radius 2 is 1.65 bits per heavy atom. The van der Waals surface area contributed by atoms with Gasteiger partial charge in [0.05, 0.1) is 17.8 Å². The highest BCUT2D eigenvalue weighted by Gasteiger charge is 2.32. The Morgan fingerprint density at radius 1 is 1.04 bits per heavy atom. The number of hydrogen-bond acceptors (Lipinski definition) is 5. The summed E-state index contributed by atoms with van der Waals surface area (Å²) in [5.41, 5.74) is 0. The van der Waals surface area contributed by atoms with Crippen molar-refractivity contribution in [2.75, 3.05) is 39.0 Å². The first kappa shape index (κ1) is 18.2. The molecule has 1 fully saturated rings. The van der Waals surface area contributed by atoms with Crippen LogP contribution in [0.15, 0.2) is 29.2 Å². The molecule has 0 aliphatic carbocycles. The van der Waals surface area contributed by atoms with E-state index in [0.717, 1.165) is 0 Å². The van der Waals surface area contributed by atoms with Gasteiger partial charge in [-0.1, -0.05) is 13.0 Å². The molecule has 130 valence electrons. The van der Waals surface area contributed by atoms with Gasteiger partial charge in [0.15, 0.2) is 0 Å². The third kappa shape index (κ3) is 4.03. The predicted octanol–water partition coefficient (Wildman–Crippen LogP) is 0.741. The minimum Gasteiger partial charge on any atom is -0.497 e. The molecule has 1 heterocycles. The normalized spacial score (nSPS) is 18.0. The first-order valence-corrected chi connectivity index (χ1v) is 10.5. The van der Waals surface area contributed by atoms with Crippen molar-refractivity contribution in [3.05, 3.63) is 24.3 Å². The van der Waals surface area contributed by atoms with Crippen LogP contribution >= 0.6 is 0 Å². The summed E-state index contributed by atoms with van der Waals surface area (Å²) in [6.07, 6.45) is 0.546. The van der Waals surface area contributed by atoms with Crippen LogP contribution in [0.5, 0.6) is 5.75 Å². The molecule has 0 amide bonds. The lowest BCUT2D eigenvalue weighted by Crippen LogP contribution is -2.50. The van der Waals surface area contributed by atoms with Crippen molar-refractivity contribution in [3.63, 3.8) is 0 Å². The molecule has 0 atom stereocenters. The fourth-order valence-electron chi connectivity index (χ4n) is 2.49. The summed E-state index contributed by atoms with van der Waals surface area (Å²) in [4.78, 5) is 0.154. The largest absolute Gasteiger partial charge is 0.497 e. The van der Waals surface area contributed by atoms with Gasteiger partial charge in [0.25, 0.3) is 0 Å². The third-order valence-electron chi connectivity index (χ3n) is 3.73. The molecule has 0 radical (unpaired) electrons. The Hall–Kier alpha value is -1.16. The molecule has 2 rings (SSSR count). The molecule has 0 saturated carbocycles. The van der Waals surface area contributed by atoms with Gasteiger partial charge in [-0.2, -0.15) is 8.61 Å². The molecular weight excluding hydrogens is 340 g/mol. The molecule has 7 nitrogen and oxygen atoms in total. The fraction of sp³-hybridized carbons (Fsp3) is 0.571. The molecular formula is C14H22N2O5S2. The van der Waals surface area contributed by atoms with Crippen LogP contribution in [0.3, 0.4) is 0 Å². The summed E-state index contributed by atoms with van der Waals surface area (Å²) >= 11 is 0. The van der Waals surface area contributed by atoms with Gasteiger partial charge in [0.1, 0.15) is 5.75 Å². The molecule has 1 saturated heterocycles. The van der Waals surface area contributed by atoms with Gasteiger partial charge in [-0.25, -0.2) is 16.8 Å². The maximum atomic E-state index is 12.6. The van der Waals surface area contributed by atoms with Gasteiger partial charge in [-0.15, -0.1) is 0 Å². The Bertz CT molecular complexity index is 738. The lowest BCUT2D eigenvalue weighted by atomic mass is 10.3. The van der Waals surface area contributed by atoms with E-state index in [9.17, 15) is 16.8 Å². The Morgan fingerprint density at radius 3 is 2.22 bits per heavy atom. The van der Waals surface area contributed by atoms with Gasteiger partial charge in [0, 0.05) is 32.2 Å². The molecule has 1 aromatic carbocycles. The molecule has 1 aromatic rings.